The quantitative estimate of drug-likeness (QED) is 0.571. The Morgan fingerprint density at radius 1 is 1.21 bits per heavy atom. The molecule has 84 valence electrons. The van der Waals surface area contributed by atoms with Crippen LogP contribution in [0.4, 0.5) is 0 Å². The first-order valence-electron chi connectivity index (χ1n) is 6.29. The molecule has 0 aromatic heterocycles. The zero-order chi connectivity index (χ0) is 10.2. The molecule has 0 aromatic carbocycles. The predicted octanol–water partition coefficient (Wildman–Crippen LogP) is 2.11. The van der Waals surface area contributed by atoms with E-state index in [4.69, 9.17) is 0 Å². The van der Waals surface area contributed by atoms with Crippen LogP contribution in [-0.2, 0) is 0 Å². The van der Waals surface area contributed by atoms with Crippen molar-refractivity contribution in [2.75, 3.05) is 32.7 Å². The number of nitrogens with one attached hydrogen (secondary N) is 1. The van der Waals surface area contributed by atoms with Crippen molar-refractivity contribution in [2.24, 2.45) is 5.92 Å². The monoisotopic (exact) mass is 198 g/mol. The second-order valence-electron chi connectivity index (χ2n) is 4.44. The molecule has 2 nitrogen and oxygen atoms in total. The molecule has 1 rings (SSSR count). The van der Waals surface area contributed by atoms with Gasteiger partial charge in [-0.15, -0.1) is 0 Å². The SMILES string of the molecule is CCCCNCCN(CC)CC1CC1. The van der Waals surface area contributed by atoms with Crippen LogP contribution in [0.25, 0.3) is 0 Å². The summed E-state index contributed by atoms with van der Waals surface area (Å²) in [5, 5.41) is 3.50. The molecule has 0 bridgehead atoms. The molecule has 1 fully saturated rings. The molecular formula is C12H26N2. The van der Waals surface area contributed by atoms with Crippen LogP contribution < -0.4 is 5.32 Å². The van der Waals surface area contributed by atoms with E-state index >= 15 is 0 Å². The van der Waals surface area contributed by atoms with Crippen molar-refractivity contribution in [2.45, 2.75) is 39.5 Å². The van der Waals surface area contributed by atoms with Gasteiger partial charge in [-0.3, -0.25) is 0 Å². The predicted molar refractivity (Wildman–Crippen MR) is 62.6 cm³/mol. The van der Waals surface area contributed by atoms with Crippen molar-refractivity contribution >= 4 is 0 Å². The van der Waals surface area contributed by atoms with E-state index in [1.807, 2.05) is 0 Å². The molecule has 1 N–H and O–H groups in total. The fraction of sp³-hybridized carbons (Fsp3) is 1.00. The second-order valence-corrected chi connectivity index (χ2v) is 4.44. The maximum absolute atomic E-state index is 3.50. The van der Waals surface area contributed by atoms with Crippen LogP contribution in [-0.4, -0.2) is 37.6 Å². The minimum Gasteiger partial charge on any atom is -0.315 e. The standard InChI is InChI=1S/C12H26N2/c1-3-5-8-13-9-10-14(4-2)11-12-6-7-12/h12-13H,3-11H2,1-2H3. The van der Waals surface area contributed by atoms with Crippen LogP contribution in [0.5, 0.6) is 0 Å². The van der Waals surface area contributed by atoms with Crippen LogP contribution in [0.15, 0.2) is 0 Å². The molecule has 0 amide bonds. The van der Waals surface area contributed by atoms with Crippen molar-refractivity contribution in [3.05, 3.63) is 0 Å². The summed E-state index contributed by atoms with van der Waals surface area (Å²) >= 11 is 0. The van der Waals surface area contributed by atoms with Gasteiger partial charge in [-0.05, 0) is 38.3 Å². The van der Waals surface area contributed by atoms with Crippen LogP contribution in [0, 0.1) is 5.92 Å². The maximum atomic E-state index is 3.50. The van der Waals surface area contributed by atoms with Gasteiger partial charge in [0.2, 0.25) is 0 Å². The Hall–Kier alpha value is -0.0800. The van der Waals surface area contributed by atoms with Crippen LogP contribution >= 0.6 is 0 Å². The summed E-state index contributed by atoms with van der Waals surface area (Å²) in [6, 6.07) is 0. The van der Waals surface area contributed by atoms with Crippen molar-refractivity contribution in [1.82, 2.24) is 10.2 Å². The van der Waals surface area contributed by atoms with E-state index in [0.29, 0.717) is 0 Å². The van der Waals surface area contributed by atoms with Crippen LogP contribution in [0.2, 0.25) is 0 Å². The summed E-state index contributed by atoms with van der Waals surface area (Å²) in [5.74, 6) is 1.03. The highest BCUT2D eigenvalue weighted by Crippen LogP contribution is 2.29. The van der Waals surface area contributed by atoms with E-state index in [2.05, 4.69) is 24.1 Å². The lowest BCUT2D eigenvalue weighted by molar-refractivity contribution is 0.276. The molecule has 0 radical (unpaired) electrons. The number of rotatable bonds is 9. The normalized spacial score (nSPS) is 16.5. The Labute approximate surface area is 89.1 Å². The summed E-state index contributed by atoms with van der Waals surface area (Å²) in [5.41, 5.74) is 0. The van der Waals surface area contributed by atoms with Gasteiger partial charge in [0.1, 0.15) is 0 Å². The highest BCUT2D eigenvalue weighted by Gasteiger charge is 2.23. The third-order valence-electron chi connectivity index (χ3n) is 2.97. The van der Waals surface area contributed by atoms with Crippen LogP contribution in [0.1, 0.15) is 39.5 Å². The van der Waals surface area contributed by atoms with Gasteiger partial charge in [0, 0.05) is 19.6 Å². The highest BCUT2D eigenvalue weighted by molar-refractivity contribution is 4.77. The lowest BCUT2D eigenvalue weighted by Gasteiger charge is -2.20. The fourth-order valence-corrected chi connectivity index (χ4v) is 1.71. The molecule has 0 heterocycles. The second kappa shape index (κ2) is 7.24. The zero-order valence-electron chi connectivity index (χ0n) is 9.89. The van der Waals surface area contributed by atoms with Gasteiger partial charge in [-0.2, -0.15) is 0 Å². The Kier molecular flexibility index (Phi) is 6.20. The first kappa shape index (κ1) is 12.0. The van der Waals surface area contributed by atoms with Gasteiger partial charge in [0.25, 0.3) is 0 Å². The number of nitrogens with zero attached hydrogens (tertiary/aromatic N) is 1. The number of hydrogen-bond donors (Lipinski definition) is 1. The lowest BCUT2D eigenvalue weighted by Crippen LogP contribution is -2.33. The molecular weight excluding hydrogens is 172 g/mol. The molecule has 0 unspecified atom stereocenters. The van der Waals surface area contributed by atoms with Gasteiger partial charge < -0.3 is 10.2 Å². The molecule has 0 atom stereocenters. The molecule has 1 aliphatic rings. The summed E-state index contributed by atoms with van der Waals surface area (Å²) in [7, 11) is 0. The van der Waals surface area contributed by atoms with Crippen molar-refractivity contribution < 1.29 is 0 Å². The first-order chi connectivity index (χ1) is 6.86. The van der Waals surface area contributed by atoms with Gasteiger partial charge >= 0.3 is 0 Å². The van der Waals surface area contributed by atoms with E-state index in [1.54, 1.807) is 0 Å². The van der Waals surface area contributed by atoms with E-state index in [-0.39, 0.29) is 0 Å². The number of hydrogen-bond acceptors (Lipinski definition) is 2. The first-order valence-corrected chi connectivity index (χ1v) is 6.29. The third kappa shape index (κ3) is 5.61. The van der Waals surface area contributed by atoms with E-state index in [9.17, 15) is 0 Å². The van der Waals surface area contributed by atoms with Crippen molar-refractivity contribution in [3.63, 3.8) is 0 Å². The average molecular weight is 198 g/mol. The highest BCUT2D eigenvalue weighted by atomic mass is 15.1. The minimum atomic E-state index is 1.03. The Bertz CT molecular complexity index is 132. The largest absolute Gasteiger partial charge is 0.315 e. The van der Waals surface area contributed by atoms with Gasteiger partial charge in [-0.1, -0.05) is 20.3 Å². The third-order valence-corrected chi connectivity index (χ3v) is 2.97. The van der Waals surface area contributed by atoms with E-state index in [1.165, 1.54) is 58.4 Å². The summed E-state index contributed by atoms with van der Waals surface area (Å²) in [6.45, 7) is 10.7. The van der Waals surface area contributed by atoms with E-state index < -0.39 is 0 Å². The molecule has 0 aliphatic heterocycles. The number of unbranched alkanes of at least 4 members (excludes halogenated alkanes) is 1. The minimum absolute atomic E-state index is 1.03. The van der Waals surface area contributed by atoms with Gasteiger partial charge in [0.05, 0.1) is 0 Å². The summed E-state index contributed by atoms with van der Waals surface area (Å²) < 4.78 is 0. The van der Waals surface area contributed by atoms with Crippen molar-refractivity contribution in [3.8, 4) is 0 Å². The molecule has 0 saturated heterocycles. The average Bonchev–Trinajstić information content (AvgIpc) is 2.99. The van der Waals surface area contributed by atoms with E-state index in [0.717, 1.165) is 5.92 Å². The topological polar surface area (TPSA) is 15.3 Å². The Morgan fingerprint density at radius 2 is 2.00 bits per heavy atom. The molecule has 14 heavy (non-hydrogen) atoms. The zero-order valence-corrected chi connectivity index (χ0v) is 9.89. The van der Waals surface area contributed by atoms with Gasteiger partial charge in [-0.25, -0.2) is 0 Å². The van der Waals surface area contributed by atoms with Crippen molar-refractivity contribution in [1.29, 1.82) is 0 Å². The van der Waals surface area contributed by atoms with Gasteiger partial charge in [0.15, 0.2) is 0 Å². The number of likely N-dealkylation sites (N-methyl/N-ethyl adjacent to an activating group) is 1. The lowest BCUT2D eigenvalue weighted by atomic mass is 10.3. The summed E-state index contributed by atoms with van der Waals surface area (Å²) in [4.78, 5) is 2.58. The molecule has 0 aromatic rings. The molecule has 2 heteroatoms. The van der Waals surface area contributed by atoms with Crippen LogP contribution in [0.3, 0.4) is 0 Å². The Balaban J connectivity index is 1.90. The molecule has 1 saturated carbocycles. The smallest absolute Gasteiger partial charge is 0.0107 e. The molecule has 0 spiro atoms. The maximum Gasteiger partial charge on any atom is 0.0107 e. The Morgan fingerprint density at radius 3 is 2.57 bits per heavy atom. The fourth-order valence-electron chi connectivity index (χ4n) is 1.71. The summed E-state index contributed by atoms with van der Waals surface area (Å²) in [6.07, 6.45) is 5.56. The molecule has 1 aliphatic carbocycles.